The molecule has 3 heteroatoms. The van der Waals surface area contributed by atoms with E-state index in [9.17, 15) is 9.59 Å². The molecule has 0 atom stereocenters. The summed E-state index contributed by atoms with van der Waals surface area (Å²) >= 11 is 0. The van der Waals surface area contributed by atoms with E-state index in [2.05, 4.69) is 19.1 Å². The standard InChI is InChI=1S/C19H16O3/c1-3-13-8-9-15-11-14-6-4-5-7-16(14)18(17(15)10-13)22-19(21)12(2)20/h4-11H,3H2,1-2H3. The number of ether oxygens (including phenoxy) is 1. The van der Waals surface area contributed by atoms with Crippen LogP contribution >= 0.6 is 0 Å². The van der Waals surface area contributed by atoms with Gasteiger partial charge in [-0.3, -0.25) is 4.79 Å². The number of benzene rings is 3. The van der Waals surface area contributed by atoms with Crippen molar-refractivity contribution in [2.75, 3.05) is 0 Å². The SMILES string of the molecule is CCc1ccc2cc3ccccc3c(OC(=O)C(C)=O)c2c1. The summed E-state index contributed by atoms with van der Waals surface area (Å²) in [5.74, 6) is -0.976. The van der Waals surface area contributed by atoms with Gasteiger partial charge in [0.2, 0.25) is 5.78 Å². The normalized spacial score (nSPS) is 10.8. The first kappa shape index (κ1) is 14.3. The van der Waals surface area contributed by atoms with Gasteiger partial charge >= 0.3 is 5.97 Å². The van der Waals surface area contributed by atoms with Gasteiger partial charge in [0.15, 0.2) is 0 Å². The van der Waals surface area contributed by atoms with Gasteiger partial charge < -0.3 is 4.74 Å². The molecule has 3 aromatic rings. The molecule has 0 heterocycles. The van der Waals surface area contributed by atoms with Crippen LogP contribution in [0.25, 0.3) is 21.5 Å². The van der Waals surface area contributed by atoms with Crippen LogP contribution in [0.5, 0.6) is 5.75 Å². The smallest absolute Gasteiger partial charge is 0.379 e. The maximum Gasteiger partial charge on any atom is 0.379 e. The van der Waals surface area contributed by atoms with E-state index >= 15 is 0 Å². The Hall–Kier alpha value is -2.68. The van der Waals surface area contributed by atoms with Crippen molar-refractivity contribution in [3.8, 4) is 5.75 Å². The van der Waals surface area contributed by atoms with Crippen molar-refractivity contribution in [1.29, 1.82) is 0 Å². The Labute approximate surface area is 128 Å². The summed E-state index contributed by atoms with van der Waals surface area (Å²) in [7, 11) is 0. The van der Waals surface area contributed by atoms with E-state index < -0.39 is 11.8 Å². The minimum absolute atomic E-state index is 0.462. The maximum absolute atomic E-state index is 11.8. The molecule has 0 saturated carbocycles. The quantitative estimate of drug-likeness (QED) is 0.316. The number of esters is 1. The third kappa shape index (κ3) is 2.46. The molecular weight excluding hydrogens is 276 g/mol. The molecule has 22 heavy (non-hydrogen) atoms. The molecule has 0 unspecified atom stereocenters. The first-order valence-corrected chi connectivity index (χ1v) is 7.27. The number of carbonyl (C=O) groups is 2. The summed E-state index contributed by atoms with van der Waals surface area (Å²) < 4.78 is 5.41. The molecule has 0 aliphatic rings. The molecule has 0 aliphatic carbocycles. The van der Waals surface area contributed by atoms with Gasteiger partial charge in [0.25, 0.3) is 0 Å². The van der Waals surface area contributed by atoms with Crippen molar-refractivity contribution < 1.29 is 14.3 Å². The lowest BCUT2D eigenvalue weighted by Gasteiger charge is -2.12. The van der Waals surface area contributed by atoms with E-state index in [4.69, 9.17) is 4.74 Å². The second-order valence-electron chi connectivity index (χ2n) is 5.28. The van der Waals surface area contributed by atoms with Gasteiger partial charge in [-0.2, -0.15) is 0 Å². The van der Waals surface area contributed by atoms with Crippen LogP contribution in [0.4, 0.5) is 0 Å². The first-order valence-electron chi connectivity index (χ1n) is 7.27. The van der Waals surface area contributed by atoms with Gasteiger partial charge in [0, 0.05) is 17.7 Å². The highest BCUT2D eigenvalue weighted by atomic mass is 16.5. The van der Waals surface area contributed by atoms with Gasteiger partial charge in [-0.25, -0.2) is 4.79 Å². The molecule has 0 amide bonds. The molecule has 3 nitrogen and oxygen atoms in total. The minimum Gasteiger partial charge on any atom is -0.419 e. The van der Waals surface area contributed by atoms with Crippen LogP contribution in [-0.2, 0) is 16.0 Å². The molecule has 0 radical (unpaired) electrons. The largest absolute Gasteiger partial charge is 0.419 e. The topological polar surface area (TPSA) is 43.4 Å². The van der Waals surface area contributed by atoms with Gasteiger partial charge in [0.1, 0.15) is 5.75 Å². The Morgan fingerprint density at radius 2 is 1.68 bits per heavy atom. The van der Waals surface area contributed by atoms with Gasteiger partial charge in [-0.05, 0) is 34.9 Å². The lowest BCUT2D eigenvalue weighted by Crippen LogP contribution is -2.17. The Bertz CT molecular complexity index is 894. The fraction of sp³-hybridized carbons (Fsp3) is 0.158. The summed E-state index contributed by atoms with van der Waals surface area (Å²) in [4.78, 5) is 23.1. The number of aryl methyl sites for hydroxylation is 1. The second-order valence-corrected chi connectivity index (χ2v) is 5.28. The van der Waals surface area contributed by atoms with Gasteiger partial charge in [0.05, 0.1) is 0 Å². The predicted molar refractivity (Wildman–Crippen MR) is 87.1 cm³/mol. The number of hydrogen-bond acceptors (Lipinski definition) is 3. The highest BCUT2D eigenvalue weighted by Gasteiger charge is 2.16. The van der Waals surface area contributed by atoms with Crippen LogP contribution in [-0.4, -0.2) is 11.8 Å². The van der Waals surface area contributed by atoms with Crippen LogP contribution in [0, 0.1) is 0 Å². The van der Waals surface area contributed by atoms with Crippen LogP contribution < -0.4 is 4.74 Å². The van der Waals surface area contributed by atoms with Crippen LogP contribution in [0.1, 0.15) is 19.4 Å². The third-order valence-electron chi connectivity index (χ3n) is 3.77. The van der Waals surface area contributed by atoms with E-state index in [0.29, 0.717) is 5.75 Å². The summed E-state index contributed by atoms with van der Waals surface area (Å²) in [6.07, 6.45) is 0.892. The fourth-order valence-electron chi connectivity index (χ4n) is 2.56. The van der Waals surface area contributed by atoms with E-state index in [0.717, 1.165) is 33.5 Å². The van der Waals surface area contributed by atoms with Crippen molar-refractivity contribution in [2.24, 2.45) is 0 Å². The summed E-state index contributed by atoms with van der Waals surface area (Å²) in [5.41, 5.74) is 1.16. The number of carbonyl (C=O) groups excluding carboxylic acids is 2. The zero-order valence-corrected chi connectivity index (χ0v) is 12.6. The van der Waals surface area contributed by atoms with Crippen LogP contribution in [0.3, 0.4) is 0 Å². The molecule has 0 spiro atoms. The van der Waals surface area contributed by atoms with E-state index in [1.807, 2.05) is 36.4 Å². The van der Waals surface area contributed by atoms with E-state index in [-0.39, 0.29) is 0 Å². The molecule has 0 fully saturated rings. The lowest BCUT2D eigenvalue weighted by molar-refractivity contribution is -0.145. The zero-order valence-electron chi connectivity index (χ0n) is 12.6. The Kier molecular flexibility index (Phi) is 3.63. The number of fused-ring (bicyclic) bond motifs is 2. The number of Topliss-reactive ketones (excluding diaryl/α,β-unsaturated/α-hetero) is 1. The third-order valence-corrected chi connectivity index (χ3v) is 3.77. The summed E-state index contributed by atoms with van der Waals surface area (Å²) in [5, 5.41) is 3.65. The Morgan fingerprint density at radius 1 is 0.955 bits per heavy atom. The molecule has 3 rings (SSSR count). The molecule has 0 N–H and O–H groups in total. The number of hydrogen-bond donors (Lipinski definition) is 0. The molecule has 0 bridgehead atoms. The Balaban J connectivity index is 2.34. The monoisotopic (exact) mass is 292 g/mol. The van der Waals surface area contributed by atoms with E-state index in [1.165, 1.54) is 6.92 Å². The molecular formula is C19H16O3. The van der Waals surface area contributed by atoms with Crippen molar-refractivity contribution in [3.63, 3.8) is 0 Å². The molecule has 0 aliphatic heterocycles. The summed E-state index contributed by atoms with van der Waals surface area (Å²) in [6.45, 7) is 3.29. The van der Waals surface area contributed by atoms with Gasteiger partial charge in [-0.1, -0.05) is 43.3 Å². The Morgan fingerprint density at radius 3 is 2.41 bits per heavy atom. The van der Waals surface area contributed by atoms with Crippen LogP contribution in [0.15, 0.2) is 48.5 Å². The summed E-state index contributed by atoms with van der Waals surface area (Å²) in [6, 6.07) is 15.9. The fourth-order valence-corrected chi connectivity index (χ4v) is 2.56. The van der Waals surface area contributed by atoms with Crippen molar-refractivity contribution in [1.82, 2.24) is 0 Å². The number of ketones is 1. The van der Waals surface area contributed by atoms with Crippen LogP contribution in [0.2, 0.25) is 0 Å². The minimum atomic E-state index is -0.834. The molecule has 0 saturated heterocycles. The van der Waals surface area contributed by atoms with Gasteiger partial charge in [-0.15, -0.1) is 0 Å². The zero-order chi connectivity index (χ0) is 15.7. The van der Waals surface area contributed by atoms with Crippen molar-refractivity contribution >= 4 is 33.3 Å². The van der Waals surface area contributed by atoms with Crippen molar-refractivity contribution in [2.45, 2.75) is 20.3 Å². The van der Waals surface area contributed by atoms with E-state index in [1.54, 1.807) is 0 Å². The lowest BCUT2D eigenvalue weighted by atomic mass is 9.99. The average molecular weight is 292 g/mol. The molecule has 110 valence electrons. The molecule has 0 aromatic heterocycles. The second kappa shape index (κ2) is 5.60. The highest BCUT2D eigenvalue weighted by molar-refractivity contribution is 6.33. The maximum atomic E-state index is 11.8. The average Bonchev–Trinajstić information content (AvgIpc) is 2.54. The predicted octanol–water partition coefficient (Wildman–Crippen LogP) is 4.05. The highest BCUT2D eigenvalue weighted by Crippen LogP contribution is 2.35. The number of rotatable bonds is 3. The first-order chi connectivity index (χ1) is 10.6. The van der Waals surface area contributed by atoms with Crippen molar-refractivity contribution in [3.05, 3.63) is 54.1 Å². The molecule has 3 aromatic carbocycles.